The van der Waals surface area contributed by atoms with Crippen molar-refractivity contribution in [1.82, 2.24) is 14.4 Å². The normalized spacial score (nSPS) is 10.9. The highest BCUT2D eigenvalue weighted by Crippen LogP contribution is 2.18. The Morgan fingerprint density at radius 2 is 1.94 bits per heavy atom. The van der Waals surface area contributed by atoms with E-state index >= 15 is 0 Å². The van der Waals surface area contributed by atoms with E-state index in [4.69, 9.17) is 0 Å². The van der Waals surface area contributed by atoms with Crippen LogP contribution in [-0.4, -0.2) is 14.4 Å². The van der Waals surface area contributed by atoms with Gasteiger partial charge in [-0.05, 0) is 27.6 Å². The third-order valence-electron chi connectivity index (χ3n) is 2.64. The van der Waals surface area contributed by atoms with Crippen molar-refractivity contribution in [2.24, 2.45) is 0 Å². The lowest BCUT2D eigenvalue weighted by Gasteiger charge is -2.00. The minimum absolute atomic E-state index is 0.795. The fraction of sp³-hybridized carbons (Fsp3) is 0.0769. The van der Waals surface area contributed by atoms with Gasteiger partial charge >= 0.3 is 0 Å². The van der Waals surface area contributed by atoms with E-state index in [1.54, 1.807) is 6.20 Å². The number of imidazole rings is 1. The minimum atomic E-state index is 0.795. The molecule has 0 unspecified atom stereocenters. The highest BCUT2D eigenvalue weighted by molar-refractivity contribution is 9.10. The first-order chi connectivity index (χ1) is 8.34. The van der Waals surface area contributed by atoms with Crippen LogP contribution in [0.4, 0.5) is 0 Å². The first kappa shape index (κ1) is 10.5. The molecule has 17 heavy (non-hydrogen) atoms. The summed E-state index contributed by atoms with van der Waals surface area (Å²) in [5.41, 5.74) is 2.11. The van der Waals surface area contributed by atoms with Crippen molar-refractivity contribution in [2.75, 3.05) is 0 Å². The molecule has 0 aliphatic rings. The predicted octanol–water partition coefficient (Wildman–Crippen LogP) is 3.08. The average molecular weight is 288 g/mol. The van der Waals surface area contributed by atoms with Gasteiger partial charge in [-0.2, -0.15) is 0 Å². The van der Waals surface area contributed by atoms with E-state index in [1.165, 1.54) is 5.56 Å². The molecule has 0 fully saturated rings. The number of hydrogen-bond donors (Lipinski definition) is 0. The number of nitrogens with zero attached hydrogens (tertiary/aromatic N) is 3. The molecule has 0 amide bonds. The Bertz CT molecular complexity index is 646. The SMILES string of the molecule is Brc1nc(Cc2ccccc2)n2cccnc12. The molecular formula is C13H10BrN3. The van der Waals surface area contributed by atoms with Gasteiger partial charge in [-0.25, -0.2) is 9.97 Å². The first-order valence-corrected chi connectivity index (χ1v) is 6.15. The predicted molar refractivity (Wildman–Crippen MR) is 69.9 cm³/mol. The van der Waals surface area contributed by atoms with Crippen molar-refractivity contribution in [3.63, 3.8) is 0 Å². The molecule has 0 spiro atoms. The van der Waals surface area contributed by atoms with Crippen LogP contribution in [0.3, 0.4) is 0 Å². The van der Waals surface area contributed by atoms with Crippen LogP contribution in [0.25, 0.3) is 5.65 Å². The monoisotopic (exact) mass is 287 g/mol. The van der Waals surface area contributed by atoms with Crippen molar-refractivity contribution < 1.29 is 0 Å². The Morgan fingerprint density at radius 3 is 2.76 bits per heavy atom. The van der Waals surface area contributed by atoms with E-state index in [-0.39, 0.29) is 0 Å². The Balaban J connectivity index is 2.07. The van der Waals surface area contributed by atoms with Crippen molar-refractivity contribution in [3.05, 3.63) is 64.8 Å². The maximum absolute atomic E-state index is 4.50. The molecule has 0 saturated carbocycles. The maximum Gasteiger partial charge on any atom is 0.171 e. The van der Waals surface area contributed by atoms with E-state index in [0.29, 0.717) is 0 Å². The number of aromatic nitrogens is 3. The molecule has 0 bridgehead atoms. The number of hydrogen-bond acceptors (Lipinski definition) is 2. The molecule has 3 nitrogen and oxygen atoms in total. The molecule has 1 aromatic carbocycles. The quantitative estimate of drug-likeness (QED) is 0.725. The summed E-state index contributed by atoms with van der Waals surface area (Å²) in [6.45, 7) is 0. The summed E-state index contributed by atoms with van der Waals surface area (Å²) in [6, 6.07) is 12.2. The molecular weight excluding hydrogens is 278 g/mol. The summed E-state index contributed by atoms with van der Waals surface area (Å²) in [5.74, 6) is 0.992. The Morgan fingerprint density at radius 1 is 1.12 bits per heavy atom. The summed E-state index contributed by atoms with van der Waals surface area (Å²) >= 11 is 3.44. The molecule has 0 saturated heterocycles. The Kier molecular flexibility index (Phi) is 2.65. The fourth-order valence-corrected chi connectivity index (χ4v) is 2.35. The highest BCUT2D eigenvalue weighted by Gasteiger charge is 2.09. The zero-order valence-electron chi connectivity index (χ0n) is 9.05. The number of rotatable bonds is 2. The average Bonchev–Trinajstić information content (AvgIpc) is 2.69. The van der Waals surface area contributed by atoms with Crippen LogP contribution in [0.5, 0.6) is 0 Å². The molecule has 0 aliphatic carbocycles. The van der Waals surface area contributed by atoms with Gasteiger partial charge in [0.05, 0.1) is 0 Å². The minimum Gasteiger partial charge on any atom is -0.287 e. The number of fused-ring (bicyclic) bond motifs is 1. The molecule has 3 aromatic rings. The second kappa shape index (κ2) is 4.30. The van der Waals surface area contributed by atoms with Gasteiger partial charge in [0.25, 0.3) is 0 Å². The lowest BCUT2D eigenvalue weighted by molar-refractivity contribution is 0.950. The van der Waals surface area contributed by atoms with Crippen LogP contribution in [-0.2, 0) is 6.42 Å². The second-order valence-corrected chi connectivity index (χ2v) is 4.55. The van der Waals surface area contributed by atoms with Crippen molar-refractivity contribution in [2.45, 2.75) is 6.42 Å². The van der Waals surface area contributed by atoms with E-state index in [9.17, 15) is 0 Å². The zero-order chi connectivity index (χ0) is 11.7. The van der Waals surface area contributed by atoms with Gasteiger partial charge in [-0.15, -0.1) is 0 Å². The van der Waals surface area contributed by atoms with Gasteiger partial charge in [0, 0.05) is 18.8 Å². The van der Waals surface area contributed by atoms with Crippen LogP contribution in [0, 0.1) is 0 Å². The van der Waals surface area contributed by atoms with Gasteiger partial charge in [-0.3, -0.25) is 4.40 Å². The summed E-state index contributed by atoms with van der Waals surface area (Å²) < 4.78 is 2.81. The van der Waals surface area contributed by atoms with Crippen molar-refractivity contribution in [3.8, 4) is 0 Å². The largest absolute Gasteiger partial charge is 0.287 e. The summed E-state index contributed by atoms with van der Waals surface area (Å²) in [4.78, 5) is 8.80. The van der Waals surface area contributed by atoms with Crippen molar-refractivity contribution in [1.29, 1.82) is 0 Å². The van der Waals surface area contributed by atoms with E-state index in [0.717, 1.165) is 22.5 Å². The topological polar surface area (TPSA) is 30.2 Å². The highest BCUT2D eigenvalue weighted by atomic mass is 79.9. The number of benzene rings is 1. The molecule has 2 heterocycles. The molecule has 0 radical (unpaired) electrons. The van der Waals surface area contributed by atoms with Gasteiger partial charge in [-0.1, -0.05) is 30.3 Å². The van der Waals surface area contributed by atoms with Crippen LogP contribution in [0.1, 0.15) is 11.4 Å². The summed E-state index contributed by atoms with van der Waals surface area (Å²) in [5, 5.41) is 0. The lowest BCUT2D eigenvalue weighted by Crippen LogP contribution is -1.96. The van der Waals surface area contributed by atoms with Crippen molar-refractivity contribution >= 4 is 21.6 Å². The molecule has 0 aliphatic heterocycles. The lowest BCUT2D eigenvalue weighted by atomic mass is 10.1. The van der Waals surface area contributed by atoms with E-state index < -0.39 is 0 Å². The third kappa shape index (κ3) is 1.96. The summed E-state index contributed by atoms with van der Waals surface area (Å²) in [6.07, 6.45) is 4.56. The van der Waals surface area contributed by atoms with Gasteiger partial charge in [0.2, 0.25) is 0 Å². The smallest absolute Gasteiger partial charge is 0.171 e. The fourth-order valence-electron chi connectivity index (χ4n) is 1.85. The van der Waals surface area contributed by atoms with Gasteiger partial charge < -0.3 is 0 Å². The molecule has 3 rings (SSSR count). The molecule has 84 valence electrons. The Hall–Kier alpha value is -1.68. The van der Waals surface area contributed by atoms with Crippen LogP contribution < -0.4 is 0 Å². The van der Waals surface area contributed by atoms with Crippen LogP contribution in [0.2, 0.25) is 0 Å². The Labute approximate surface area is 107 Å². The zero-order valence-corrected chi connectivity index (χ0v) is 10.6. The standard InChI is InChI=1S/C13H10BrN3/c14-12-13-15-7-4-8-17(13)11(16-12)9-10-5-2-1-3-6-10/h1-8H,9H2. The second-order valence-electron chi connectivity index (χ2n) is 3.79. The van der Waals surface area contributed by atoms with E-state index in [1.807, 2.05) is 34.9 Å². The van der Waals surface area contributed by atoms with Gasteiger partial charge in [0.15, 0.2) is 10.3 Å². The maximum atomic E-state index is 4.50. The molecule has 0 N–H and O–H groups in total. The van der Waals surface area contributed by atoms with E-state index in [2.05, 4.69) is 38.0 Å². The summed E-state index contributed by atoms with van der Waals surface area (Å²) in [7, 11) is 0. The number of halogens is 1. The molecule has 0 atom stereocenters. The van der Waals surface area contributed by atoms with Crippen LogP contribution >= 0.6 is 15.9 Å². The van der Waals surface area contributed by atoms with Crippen LogP contribution in [0.15, 0.2) is 53.4 Å². The van der Waals surface area contributed by atoms with Gasteiger partial charge in [0.1, 0.15) is 5.82 Å². The first-order valence-electron chi connectivity index (χ1n) is 5.36. The molecule has 2 aromatic heterocycles. The molecule has 4 heteroatoms. The third-order valence-corrected chi connectivity index (χ3v) is 3.17.